The van der Waals surface area contributed by atoms with Gasteiger partial charge in [-0.1, -0.05) is 54.6 Å². The summed E-state index contributed by atoms with van der Waals surface area (Å²) in [7, 11) is 1.54. The zero-order chi connectivity index (χ0) is 27.5. The van der Waals surface area contributed by atoms with Gasteiger partial charge < -0.3 is 19.8 Å². The number of carbonyl (C=O) groups excluding carboxylic acids is 2. The molecule has 3 aromatic carbocycles. The number of methoxy groups -OCH3 is 1. The zero-order valence-corrected chi connectivity index (χ0v) is 21.9. The SMILES string of the molecule is COc1cc(/C=C/C(=O)NO)ccc1OC[C@H](Cc1c[nH]c2ccccc12)NC(=O)CCCc1ccccc1. The number of aryl methyl sites for hydroxylation is 1. The Hall–Kier alpha value is -4.56. The first kappa shape index (κ1) is 27.5. The van der Waals surface area contributed by atoms with Crippen molar-refractivity contribution in [1.29, 1.82) is 0 Å². The number of H-pyrrole nitrogens is 1. The van der Waals surface area contributed by atoms with Crippen molar-refractivity contribution in [3.05, 3.63) is 102 Å². The van der Waals surface area contributed by atoms with Crippen molar-refractivity contribution < 1.29 is 24.3 Å². The van der Waals surface area contributed by atoms with Gasteiger partial charge in [0.2, 0.25) is 5.91 Å². The predicted octanol–water partition coefficient (Wildman–Crippen LogP) is 4.82. The minimum absolute atomic E-state index is 0.0195. The van der Waals surface area contributed by atoms with E-state index in [1.54, 1.807) is 29.8 Å². The van der Waals surface area contributed by atoms with Crippen molar-refractivity contribution in [3.63, 3.8) is 0 Å². The van der Waals surface area contributed by atoms with Crippen LogP contribution in [0.1, 0.15) is 29.5 Å². The summed E-state index contributed by atoms with van der Waals surface area (Å²) in [6.45, 7) is 0.238. The second kappa shape index (κ2) is 13.8. The summed E-state index contributed by atoms with van der Waals surface area (Å²) >= 11 is 0. The number of aromatic amines is 1. The number of hydrogen-bond donors (Lipinski definition) is 4. The lowest BCUT2D eigenvalue weighted by Crippen LogP contribution is -2.40. The molecule has 1 aromatic heterocycles. The van der Waals surface area contributed by atoms with E-state index in [0.717, 1.165) is 29.3 Å². The highest BCUT2D eigenvalue weighted by Gasteiger charge is 2.18. The maximum atomic E-state index is 12.9. The molecule has 0 spiro atoms. The van der Waals surface area contributed by atoms with Gasteiger partial charge in [-0.3, -0.25) is 14.8 Å². The third kappa shape index (κ3) is 7.96. The summed E-state index contributed by atoms with van der Waals surface area (Å²) in [6, 6.07) is 23.2. The van der Waals surface area contributed by atoms with Crippen LogP contribution in [-0.4, -0.2) is 41.8 Å². The molecule has 1 atom stereocenters. The number of amides is 2. The first-order valence-electron chi connectivity index (χ1n) is 12.9. The largest absolute Gasteiger partial charge is 0.493 e. The molecule has 0 bridgehead atoms. The number of nitrogens with one attached hydrogen (secondary N) is 3. The Bertz CT molecular complexity index is 1410. The van der Waals surface area contributed by atoms with Crippen molar-refractivity contribution in [2.45, 2.75) is 31.7 Å². The van der Waals surface area contributed by atoms with Gasteiger partial charge in [0.15, 0.2) is 11.5 Å². The monoisotopic (exact) mass is 527 g/mol. The minimum atomic E-state index is -0.631. The Labute approximate surface area is 227 Å². The standard InChI is InChI=1S/C31H33N3O5/c1-38-29-18-23(15-17-31(36)34-37)14-16-28(29)39-21-25(19-24-20-32-27-12-6-5-11-26(24)27)33-30(35)13-7-10-22-8-3-2-4-9-22/h2-6,8-9,11-12,14-18,20,25,32,37H,7,10,13,19,21H2,1H3,(H,33,35)(H,34,36)/b17-15+/t25-/m0/s1. The van der Waals surface area contributed by atoms with Crippen molar-refractivity contribution >= 4 is 28.8 Å². The number of rotatable bonds is 13. The number of hydroxylamine groups is 1. The molecule has 0 unspecified atom stereocenters. The molecule has 0 aliphatic carbocycles. The molecule has 0 saturated heterocycles. The molecule has 1 heterocycles. The summed E-state index contributed by atoms with van der Waals surface area (Å²) in [4.78, 5) is 27.5. The molecule has 0 aliphatic heterocycles. The van der Waals surface area contributed by atoms with Crippen molar-refractivity contribution in [3.8, 4) is 11.5 Å². The van der Waals surface area contributed by atoms with Gasteiger partial charge in [0.25, 0.3) is 5.91 Å². The number of benzene rings is 3. The van der Waals surface area contributed by atoms with Crippen LogP contribution < -0.4 is 20.3 Å². The van der Waals surface area contributed by atoms with Crippen LogP contribution in [0.2, 0.25) is 0 Å². The van der Waals surface area contributed by atoms with Gasteiger partial charge in [0, 0.05) is 29.6 Å². The number of fused-ring (bicyclic) bond motifs is 1. The highest BCUT2D eigenvalue weighted by Crippen LogP contribution is 2.29. The van der Waals surface area contributed by atoms with E-state index >= 15 is 0 Å². The topological polar surface area (TPSA) is 113 Å². The molecule has 0 aliphatic rings. The second-order valence-electron chi connectivity index (χ2n) is 9.20. The van der Waals surface area contributed by atoms with E-state index < -0.39 is 5.91 Å². The van der Waals surface area contributed by atoms with Gasteiger partial charge in [-0.25, -0.2) is 5.48 Å². The van der Waals surface area contributed by atoms with E-state index in [2.05, 4.69) is 28.5 Å². The lowest BCUT2D eigenvalue weighted by atomic mass is 10.0. The van der Waals surface area contributed by atoms with Crippen LogP contribution in [0.15, 0.2) is 85.1 Å². The van der Waals surface area contributed by atoms with E-state index in [1.807, 2.05) is 42.6 Å². The fourth-order valence-electron chi connectivity index (χ4n) is 4.42. The van der Waals surface area contributed by atoms with Gasteiger partial charge in [-0.2, -0.15) is 0 Å². The lowest BCUT2D eigenvalue weighted by Gasteiger charge is -2.20. The summed E-state index contributed by atoms with van der Waals surface area (Å²) in [5.41, 5.74) is 5.61. The third-order valence-corrected chi connectivity index (χ3v) is 6.38. The maximum Gasteiger partial charge on any atom is 0.267 e. The quantitative estimate of drug-likeness (QED) is 0.113. The first-order valence-corrected chi connectivity index (χ1v) is 12.9. The van der Waals surface area contributed by atoms with E-state index in [0.29, 0.717) is 29.9 Å². The third-order valence-electron chi connectivity index (χ3n) is 6.38. The van der Waals surface area contributed by atoms with Crippen LogP contribution >= 0.6 is 0 Å². The van der Waals surface area contributed by atoms with Gasteiger partial charge in [0.05, 0.1) is 13.2 Å². The molecule has 2 amide bonds. The van der Waals surface area contributed by atoms with Crippen LogP contribution in [0.3, 0.4) is 0 Å². The number of carbonyl (C=O) groups is 2. The first-order chi connectivity index (χ1) is 19.1. The van der Waals surface area contributed by atoms with Crippen molar-refractivity contribution in [2.24, 2.45) is 0 Å². The number of ether oxygens (including phenoxy) is 2. The fraction of sp³-hybridized carbons (Fsp3) is 0.226. The fourth-order valence-corrected chi connectivity index (χ4v) is 4.42. The smallest absolute Gasteiger partial charge is 0.267 e. The Balaban J connectivity index is 1.44. The highest BCUT2D eigenvalue weighted by molar-refractivity contribution is 5.90. The molecule has 202 valence electrons. The lowest BCUT2D eigenvalue weighted by molar-refractivity contribution is -0.124. The average molecular weight is 528 g/mol. The molecule has 4 aromatic rings. The molecule has 4 N–H and O–H groups in total. The zero-order valence-electron chi connectivity index (χ0n) is 21.9. The van der Waals surface area contributed by atoms with Crippen LogP contribution in [-0.2, 0) is 22.4 Å². The van der Waals surface area contributed by atoms with E-state index in [9.17, 15) is 9.59 Å². The molecule has 0 radical (unpaired) electrons. The van der Waals surface area contributed by atoms with Crippen molar-refractivity contribution in [1.82, 2.24) is 15.8 Å². The molecule has 39 heavy (non-hydrogen) atoms. The molecule has 8 heteroatoms. The Morgan fingerprint density at radius 1 is 1.03 bits per heavy atom. The van der Waals surface area contributed by atoms with E-state index in [-0.39, 0.29) is 18.6 Å². The normalized spacial score (nSPS) is 11.8. The second-order valence-corrected chi connectivity index (χ2v) is 9.20. The predicted molar refractivity (Wildman–Crippen MR) is 151 cm³/mol. The summed E-state index contributed by atoms with van der Waals surface area (Å²) in [5.74, 6) is 0.355. The Morgan fingerprint density at radius 3 is 2.62 bits per heavy atom. The van der Waals surface area contributed by atoms with Crippen molar-refractivity contribution in [2.75, 3.05) is 13.7 Å². The summed E-state index contributed by atoms with van der Waals surface area (Å²) in [6.07, 6.45) is 7.35. The van der Waals surface area contributed by atoms with Gasteiger partial charge in [-0.05, 0) is 60.2 Å². The molecule has 0 fully saturated rings. The summed E-state index contributed by atoms with van der Waals surface area (Å²) in [5, 5.41) is 12.9. The molecule has 8 nitrogen and oxygen atoms in total. The maximum absolute atomic E-state index is 12.9. The molecule has 4 rings (SSSR count). The Morgan fingerprint density at radius 2 is 1.82 bits per heavy atom. The van der Waals surface area contributed by atoms with Crippen LogP contribution in [0.5, 0.6) is 11.5 Å². The Kier molecular flexibility index (Phi) is 9.74. The minimum Gasteiger partial charge on any atom is -0.493 e. The number of para-hydroxylation sites is 1. The molecular formula is C31H33N3O5. The molecule has 0 saturated carbocycles. The highest BCUT2D eigenvalue weighted by atomic mass is 16.5. The number of hydrogen-bond acceptors (Lipinski definition) is 5. The molecular weight excluding hydrogens is 494 g/mol. The van der Waals surface area contributed by atoms with E-state index in [1.165, 1.54) is 18.7 Å². The van der Waals surface area contributed by atoms with Crippen LogP contribution in [0.25, 0.3) is 17.0 Å². The van der Waals surface area contributed by atoms with Crippen LogP contribution in [0.4, 0.5) is 0 Å². The summed E-state index contributed by atoms with van der Waals surface area (Å²) < 4.78 is 11.6. The number of aromatic nitrogens is 1. The van der Waals surface area contributed by atoms with Crippen LogP contribution in [0, 0.1) is 0 Å². The van der Waals surface area contributed by atoms with E-state index in [4.69, 9.17) is 14.7 Å². The van der Waals surface area contributed by atoms with Gasteiger partial charge in [0.1, 0.15) is 6.61 Å². The van der Waals surface area contributed by atoms with Gasteiger partial charge in [-0.15, -0.1) is 0 Å². The van der Waals surface area contributed by atoms with Gasteiger partial charge >= 0.3 is 0 Å². The average Bonchev–Trinajstić information content (AvgIpc) is 3.38.